The zero-order chi connectivity index (χ0) is 14.8. The molecule has 3 N–H and O–H groups in total. The Morgan fingerprint density at radius 1 is 1.10 bits per heavy atom. The predicted octanol–water partition coefficient (Wildman–Crippen LogP) is 2.95. The van der Waals surface area contributed by atoms with Crippen LogP contribution in [0.15, 0.2) is 36.4 Å². The standard InChI is InChI=1S/C16H16N2O3/c1-20-11-3-5-13(17)15(9-11)21-12-4-6-14-10(8-12)2-7-16(19)18-14/h3-6,8-9H,2,7,17H2,1H3,(H,18,19). The number of amides is 1. The van der Waals surface area contributed by atoms with E-state index in [4.69, 9.17) is 15.2 Å². The zero-order valence-electron chi connectivity index (χ0n) is 11.7. The molecule has 0 bridgehead atoms. The van der Waals surface area contributed by atoms with Crippen molar-refractivity contribution in [1.29, 1.82) is 0 Å². The van der Waals surface area contributed by atoms with Crippen molar-refractivity contribution in [2.45, 2.75) is 12.8 Å². The Balaban J connectivity index is 1.87. The molecule has 0 atom stereocenters. The Hall–Kier alpha value is -2.69. The molecule has 0 unspecified atom stereocenters. The van der Waals surface area contributed by atoms with Crippen LogP contribution in [0, 0.1) is 0 Å². The fourth-order valence-corrected chi connectivity index (χ4v) is 2.28. The molecule has 2 aromatic carbocycles. The van der Waals surface area contributed by atoms with Crippen molar-refractivity contribution in [3.63, 3.8) is 0 Å². The maximum absolute atomic E-state index is 11.3. The number of nitrogens with two attached hydrogens (primary N) is 1. The summed E-state index contributed by atoms with van der Waals surface area (Å²) >= 11 is 0. The third kappa shape index (κ3) is 2.76. The monoisotopic (exact) mass is 284 g/mol. The van der Waals surface area contributed by atoms with Gasteiger partial charge in [-0.3, -0.25) is 4.79 Å². The summed E-state index contributed by atoms with van der Waals surface area (Å²) in [5.41, 5.74) is 8.36. The van der Waals surface area contributed by atoms with Crippen molar-refractivity contribution in [2.75, 3.05) is 18.2 Å². The summed E-state index contributed by atoms with van der Waals surface area (Å²) in [6.45, 7) is 0. The highest BCUT2D eigenvalue weighted by Gasteiger charge is 2.15. The number of fused-ring (bicyclic) bond motifs is 1. The molecule has 1 aliphatic rings. The molecule has 1 aliphatic heterocycles. The minimum absolute atomic E-state index is 0.0493. The van der Waals surface area contributed by atoms with Gasteiger partial charge in [-0.1, -0.05) is 0 Å². The smallest absolute Gasteiger partial charge is 0.224 e. The molecule has 3 rings (SSSR count). The maximum Gasteiger partial charge on any atom is 0.224 e. The van der Waals surface area contributed by atoms with Crippen LogP contribution in [-0.4, -0.2) is 13.0 Å². The van der Waals surface area contributed by atoms with Gasteiger partial charge in [-0.25, -0.2) is 0 Å². The number of methoxy groups -OCH3 is 1. The summed E-state index contributed by atoms with van der Waals surface area (Å²) in [7, 11) is 1.59. The first-order chi connectivity index (χ1) is 10.2. The minimum Gasteiger partial charge on any atom is -0.497 e. The van der Waals surface area contributed by atoms with Crippen LogP contribution < -0.4 is 20.5 Å². The average Bonchev–Trinajstić information content (AvgIpc) is 2.49. The van der Waals surface area contributed by atoms with Gasteiger partial charge in [-0.05, 0) is 42.3 Å². The van der Waals surface area contributed by atoms with Gasteiger partial charge in [0, 0.05) is 18.2 Å². The van der Waals surface area contributed by atoms with Gasteiger partial charge in [0.25, 0.3) is 0 Å². The topological polar surface area (TPSA) is 73.6 Å². The van der Waals surface area contributed by atoms with Gasteiger partial charge in [0.2, 0.25) is 5.91 Å². The van der Waals surface area contributed by atoms with E-state index >= 15 is 0 Å². The molecule has 0 radical (unpaired) electrons. The van der Waals surface area contributed by atoms with Crippen LogP contribution in [0.3, 0.4) is 0 Å². The Labute approximate surface area is 122 Å². The molecule has 2 aromatic rings. The van der Waals surface area contributed by atoms with E-state index in [1.807, 2.05) is 18.2 Å². The molecule has 0 fully saturated rings. The second-order valence-electron chi connectivity index (χ2n) is 4.87. The molecule has 0 saturated heterocycles. The molecule has 0 spiro atoms. The van der Waals surface area contributed by atoms with E-state index in [0.29, 0.717) is 35.8 Å². The largest absolute Gasteiger partial charge is 0.497 e. The van der Waals surface area contributed by atoms with Crippen molar-refractivity contribution in [2.24, 2.45) is 0 Å². The van der Waals surface area contributed by atoms with E-state index < -0.39 is 0 Å². The number of aryl methyl sites for hydroxylation is 1. The molecule has 0 aliphatic carbocycles. The SMILES string of the molecule is COc1ccc(N)c(Oc2ccc3c(c2)CCC(=O)N3)c1. The Morgan fingerprint density at radius 3 is 2.71 bits per heavy atom. The number of nitrogen functional groups attached to an aromatic ring is 1. The van der Waals surface area contributed by atoms with E-state index in [2.05, 4.69) is 5.32 Å². The number of carbonyl (C=O) groups excluding carboxylic acids is 1. The van der Waals surface area contributed by atoms with Crippen LogP contribution >= 0.6 is 0 Å². The van der Waals surface area contributed by atoms with Crippen LogP contribution in [0.2, 0.25) is 0 Å². The lowest BCUT2D eigenvalue weighted by Crippen LogP contribution is -2.18. The van der Waals surface area contributed by atoms with Gasteiger partial charge in [-0.2, -0.15) is 0 Å². The van der Waals surface area contributed by atoms with Crippen LogP contribution in [-0.2, 0) is 11.2 Å². The Kier molecular flexibility index (Phi) is 3.39. The lowest BCUT2D eigenvalue weighted by Gasteiger charge is -2.18. The van der Waals surface area contributed by atoms with E-state index in [-0.39, 0.29) is 5.91 Å². The molecule has 21 heavy (non-hydrogen) atoms. The zero-order valence-corrected chi connectivity index (χ0v) is 11.7. The van der Waals surface area contributed by atoms with Crippen molar-refractivity contribution in [3.8, 4) is 17.2 Å². The highest BCUT2D eigenvalue weighted by Crippen LogP contribution is 2.33. The maximum atomic E-state index is 11.3. The highest BCUT2D eigenvalue weighted by molar-refractivity contribution is 5.94. The van der Waals surface area contributed by atoms with E-state index in [0.717, 1.165) is 11.3 Å². The molecular weight excluding hydrogens is 268 g/mol. The molecule has 108 valence electrons. The van der Waals surface area contributed by atoms with Gasteiger partial charge in [0.05, 0.1) is 12.8 Å². The summed E-state index contributed by atoms with van der Waals surface area (Å²) < 4.78 is 11.0. The van der Waals surface area contributed by atoms with Crippen molar-refractivity contribution in [1.82, 2.24) is 0 Å². The summed E-state index contributed by atoms with van der Waals surface area (Å²) in [4.78, 5) is 11.3. The van der Waals surface area contributed by atoms with E-state index in [1.165, 1.54) is 0 Å². The highest BCUT2D eigenvalue weighted by atomic mass is 16.5. The van der Waals surface area contributed by atoms with Crippen LogP contribution in [0.5, 0.6) is 17.2 Å². The number of nitrogens with one attached hydrogen (secondary N) is 1. The van der Waals surface area contributed by atoms with E-state index in [9.17, 15) is 4.79 Å². The summed E-state index contributed by atoms with van der Waals surface area (Å²) in [5.74, 6) is 1.97. The number of carbonyl (C=O) groups is 1. The van der Waals surface area contributed by atoms with Gasteiger partial charge >= 0.3 is 0 Å². The minimum atomic E-state index is 0.0493. The number of ether oxygens (including phenoxy) is 2. The van der Waals surface area contributed by atoms with Gasteiger partial charge < -0.3 is 20.5 Å². The average molecular weight is 284 g/mol. The van der Waals surface area contributed by atoms with Crippen molar-refractivity contribution >= 4 is 17.3 Å². The summed E-state index contributed by atoms with van der Waals surface area (Å²) in [6, 6.07) is 10.9. The molecule has 5 heteroatoms. The molecule has 1 amide bonds. The van der Waals surface area contributed by atoms with Crippen LogP contribution in [0.4, 0.5) is 11.4 Å². The van der Waals surface area contributed by atoms with Crippen LogP contribution in [0.25, 0.3) is 0 Å². The molecule has 0 aromatic heterocycles. The number of anilines is 2. The fraction of sp³-hybridized carbons (Fsp3) is 0.188. The predicted molar refractivity (Wildman–Crippen MR) is 80.9 cm³/mol. The van der Waals surface area contributed by atoms with Gasteiger partial charge in [0.1, 0.15) is 11.5 Å². The third-order valence-corrected chi connectivity index (χ3v) is 3.42. The lowest BCUT2D eigenvalue weighted by molar-refractivity contribution is -0.116. The molecule has 0 saturated carbocycles. The summed E-state index contributed by atoms with van der Waals surface area (Å²) in [5, 5.41) is 2.84. The van der Waals surface area contributed by atoms with Crippen LogP contribution in [0.1, 0.15) is 12.0 Å². The second-order valence-corrected chi connectivity index (χ2v) is 4.87. The lowest BCUT2D eigenvalue weighted by atomic mass is 10.0. The Morgan fingerprint density at radius 2 is 1.90 bits per heavy atom. The third-order valence-electron chi connectivity index (χ3n) is 3.42. The second kappa shape index (κ2) is 5.36. The summed E-state index contributed by atoms with van der Waals surface area (Å²) in [6.07, 6.45) is 1.21. The van der Waals surface area contributed by atoms with Crippen molar-refractivity contribution < 1.29 is 14.3 Å². The molecule has 5 nitrogen and oxygen atoms in total. The first-order valence-electron chi connectivity index (χ1n) is 6.70. The fourth-order valence-electron chi connectivity index (χ4n) is 2.28. The Bertz CT molecular complexity index is 698. The van der Waals surface area contributed by atoms with Gasteiger partial charge in [0.15, 0.2) is 5.75 Å². The number of benzene rings is 2. The first kappa shape index (κ1) is 13.3. The van der Waals surface area contributed by atoms with Gasteiger partial charge in [-0.15, -0.1) is 0 Å². The number of rotatable bonds is 3. The van der Waals surface area contributed by atoms with Crippen molar-refractivity contribution in [3.05, 3.63) is 42.0 Å². The first-order valence-corrected chi connectivity index (χ1v) is 6.70. The molecular formula is C16H16N2O3. The number of hydrogen-bond donors (Lipinski definition) is 2. The van der Waals surface area contributed by atoms with E-state index in [1.54, 1.807) is 25.3 Å². The number of hydrogen-bond acceptors (Lipinski definition) is 4. The normalized spacial score (nSPS) is 13.3. The quantitative estimate of drug-likeness (QED) is 0.850. The molecule has 1 heterocycles.